The third kappa shape index (κ3) is 2.96. The Bertz CT molecular complexity index is 423. The number of nitrogens with zero attached hydrogens (tertiary/aromatic N) is 1. The molecule has 1 rings (SSSR count). The number of rotatable bonds is 6. The van der Waals surface area contributed by atoms with Crippen LogP contribution in [0.25, 0.3) is 0 Å². The zero-order valence-electron chi connectivity index (χ0n) is 10.3. The van der Waals surface area contributed by atoms with Crippen LogP contribution in [-0.2, 0) is 9.59 Å². The van der Waals surface area contributed by atoms with Crippen LogP contribution < -0.4 is 0 Å². The number of carbonyl (C=O) groups is 2. The highest BCUT2D eigenvalue weighted by Gasteiger charge is 2.68. The van der Waals surface area contributed by atoms with Gasteiger partial charge in [0.15, 0.2) is 0 Å². The Hall–Kier alpha value is -1.54. The summed E-state index contributed by atoms with van der Waals surface area (Å²) >= 11 is 0. The van der Waals surface area contributed by atoms with Gasteiger partial charge in [0.2, 0.25) is 0 Å². The Balaban J connectivity index is 2.61. The summed E-state index contributed by atoms with van der Waals surface area (Å²) < 4.78 is 77.0. The van der Waals surface area contributed by atoms with Crippen molar-refractivity contribution in [3.8, 4) is 0 Å². The fraction of sp³-hybridized carbons (Fsp3) is 0.636. The summed E-state index contributed by atoms with van der Waals surface area (Å²) in [5.41, 5.74) is 0. The first kappa shape index (κ1) is 16.5. The summed E-state index contributed by atoms with van der Waals surface area (Å²) in [5.74, 6) is -16.8. The van der Waals surface area contributed by atoms with Crippen molar-refractivity contribution in [1.82, 2.24) is 4.90 Å². The van der Waals surface area contributed by atoms with Crippen molar-refractivity contribution in [2.45, 2.75) is 37.5 Å². The van der Waals surface area contributed by atoms with Crippen LogP contribution in [0.3, 0.4) is 0 Å². The molecule has 0 aromatic carbocycles. The minimum atomic E-state index is -5.50. The smallest absolute Gasteiger partial charge is 0.275 e. The zero-order valence-corrected chi connectivity index (χ0v) is 10.3. The summed E-state index contributed by atoms with van der Waals surface area (Å²) in [6.45, 7) is -0.829. The maximum Gasteiger partial charge on any atom is 0.371 e. The lowest BCUT2D eigenvalue weighted by atomic mass is 10.0. The molecule has 9 heteroatoms. The summed E-state index contributed by atoms with van der Waals surface area (Å²) in [4.78, 5) is 22.7. The SMILES string of the molecule is CC(F)(F)C(F)(F)C(F)(F)CCCN1C(=O)C=CC1=O. The largest absolute Gasteiger partial charge is 0.371 e. The molecule has 1 aliphatic heterocycles. The van der Waals surface area contributed by atoms with E-state index < -0.39 is 49.0 Å². The van der Waals surface area contributed by atoms with Crippen LogP contribution >= 0.6 is 0 Å². The molecule has 0 spiro atoms. The van der Waals surface area contributed by atoms with Gasteiger partial charge in [0, 0.05) is 32.0 Å². The van der Waals surface area contributed by atoms with Gasteiger partial charge in [-0.05, 0) is 6.42 Å². The van der Waals surface area contributed by atoms with E-state index in [-0.39, 0.29) is 6.92 Å². The van der Waals surface area contributed by atoms with E-state index >= 15 is 0 Å². The van der Waals surface area contributed by atoms with E-state index in [1.54, 1.807) is 0 Å². The van der Waals surface area contributed by atoms with Crippen LogP contribution in [0.4, 0.5) is 26.3 Å². The minimum Gasteiger partial charge on any atom is -0.275 e. The molecule has 0 atom stereocenters. The Morgan fingerprint density at radius 3 is 1.85 bits per heavy atom. The molecule has 1 aliphatic rings. The lowest BCUT2D eigenvalue weighted by Gasteiger charge is -2.31. The Kier molecular flexibility index (Phi) is 4.21. The lowest BCUT2D eigenvalue weighted by molar-refractivity contribution is -0.304. The summed E-state index contributed by atoms with van der Waals surface area (Å²) in [6, 6.07) is 0. The first-order valence-corrected chi connectivity index (χ1v) is 5.57. The molecule has 0 unspecified atom stereocenters. The molecule has 114 valence electrons. The molecule has 0 saturated heterocycles. The first-order valence-electron chi connectivity index (χ1n) is 5.57. The van der Waals surface area contributed by atoms with E-state index in [0.717, 1.165) is 12.2 Å². The van der Waals surface area contributed by atoms with Gasteiger partial charge in [-0.25, -0.2) is 0 Å². The van der Waals surface area contributed by atoms with E-state index in [1.165, 1.54) is 0 Å². The number of halogens is 6. The van der Waals surface area contributed by atoms with Crippen molar-refractivity contribution in [3.63, 3.8) is 0 Å². The molecule has 0 N–H and O–H groups in total. The van der Waals surface area contributed by atoms with Crippen LogP contribution in [0.1, 0.15) is 19.8 Å². The van der Waals surface area contributed by atoms with Gasteiger partial charge in [0.1, 0.15) is 0 Å². The molecular formula is C11H11F6NO2. The van der Waals surface area contributed by atoms with Crippen LogP contribution in [-0.4, -0.2) is 41.0 Å². The van der Waals surface area contributed by atoms with Gasteiger partial charge in [-0.2, -0.15) is 26.3 Å². The fourth-order valence-corrected chi connectivity index (χ4v) is 1.59. The van der Waals surface area contributed by atoms with Gasteiger partial charge < -0.3 is 0 Å². The zero-order chi connectivity index (χ0) is 15.8. The highest BCUT2D eigenvalue weighted by atomic mass is 19.3. The fourth-order valence-electron chi connectivity index (χ4n) is 1.59. The molecule has 0 bridgehead atoms. The predicted molar refractivity (Wildman–Crippen MR) is 55.6 cm³/mol. The quantitative estimate of drug-likeness (QED) is 0.559. The van der Waals surface area contributed by atoms with Gasteiger partial charge in [-0.1, -0.05) is 0 Å². The molecule has 0 saturated carbocycles. The molecule has 0 aliphatic carbocycles. The molecule has 0 aromatic heterocycles. The molecular weight excluding hydrogens is 292 g/mol. The molecule has 3 nitrogen and oxygen atoms in total. The first-order chi connectivity index (χ1) is 8.90. The number of alkyl halides is 6. The van der Waals surface area contributed by atoms with E-state index in [2.05, 4.69) is 0 Å². The molecule has 1 heterocycles. The van der Waals surface area contributed by atoms with Crippen LogP contribution in [0.15, 0.2) is 12.2 Å². The van der Waals surface area contributed by atoms with Gasteiger partial charge in [-0.3, -0.25) is 14.5 Å². The van der Waals surface area contributed by atoms with Gasteiger partial charge >= 0.3 is 17.8 Å². The standard InChI is InChI=1S/C11H11F6NO2/c1-9(12,13)11(16,17)10(14,15)5-2-6-18-7(19)3-4-8(18)20/h3-4H,2,5-6H2,1H3. The number of carbonyl (C=O) groups excluding carboxylic acids is 2. The second-order valence-corrected chi connectivity index (χ2v) is 4.43. The maximum atomic E-state index is 13.1. The second kappa shape index (κ2) is 5.10. The Morgan fingerprint density at radius 2 is 1.45 bits per heavy atom. The molecule has 2 amide bonds. The third-order valence-electron chi connectivity index (χ3n) is 2.78. The minimum absolute atomic E-state index is 0.293. The molecule has 20 heavy (non-hydrogen) atoms. The van der Waals surface area contributed by atoms with E-state index in [9.17, 15) is 35.9 Å². The van der Waals surface area contributed by atoms with Crippen molar-refractivity contribution in [3.05, 3.63) is 12.2 Å². The monoisotopic (exact) mass is 303 g/mol. The highest BCUT2D eigenvalue weighted by molar-refractivity contribution is 6.12. The topological polar surface area (TPSA) is 37.4 Å². The maximum absolute atomic E-state index is 13.1. The van der Waals surface area contributed by atoms with Crippen molar-refractivity contribution >= 4 is 11.8 Å². The molecule has 0 radical (unpaired) electrons. The number of amides is 2. The average Bonchev–Trinajstić information content (AvgIpc) is 2.58. The van der Waals surface area contributed by atoms with Crippen LogP contribution in [0, 0.1) is 0 Å². The normalized spacial score (nSPS) is 17.2. The van der Waals surface area contributed by atoms with Crippen LogP contribution in [0.2, 0.25) is 0 Å². The number of hydrogen-bond donors (Lipinski definition) is 0. The predicted octanol–water partition coefficient (Wildman–Crippen LogP) is 2.62. The number of imide groups is 1. The molecule has 0 fully saturated rings. The van der Waals surface area contributed by atoms with Gasteiger partial charge in [-0.15, -0.1) is 0 Å². The summed E-state index contributed by atoms with van der Waals surface area (Å²) in [7, 11) is 0. The van der Waals surface area contributed by atoms with E-state index in [1.807, 2.05) is 0 Å². The van der Waals surface area contributed by atoms with Gasteiger partial charge in [0.05, 0.1) is 0 Å². The van der Waals surface area contributed by atoms with E-state index in [0.29, 0.717) is 4.90 Å². The lowest BCUT2D eigenvalue weighted by Crippen LogP contribution is -2.52. The Labute approximate surface area is 110 Å². The third-order valence-corrected chi connectivity index (χ3v) is 2.78. The molecule has 0 aromatic rings. The van der Waals surface area contributed by atoms with Crippen molar-refractivity contribution < 1.29 is 35.9 Å². The van der Waals surface area contributed by atoms with Crippen molar-refractivity contribution in [2.24, 2.45) is 0 Å². The summed E-state index contributed by atoms with van der Waals surface area (Å²) in [5, 5.41) is 0. The van der Waals surface area contributed by atoms with Gasteiger partial charge in [0.25, 0.3) is 11.8 Å². The number of hydrogen-bond acceptors (Lipinski definition) is 2. The Morgan fingerprint density at radius 1 is 1.00 bits per heavy atom. The highest BCUT2D eigenvalue weighted by Crippen LogP contribution is 2.47. The van der Waals surface area contributed by atoms with E-state index in [4.69, 9.17) is 0 Å². The second-order valence-electron chi connectivity index (χ2n) is 4.43. The van der Waals surface area contributed by atoms with Crippen LogP contribution in [0.5, 0.6) is 0 Å². The van der Waals surface area contributed by atoms with Crippen molar-refractivity contribution in [1.29, 1.82) is 0 Å². The van der Waals surface area contributed by atoms with Crippen molar-refractivity contribution in [2.75, 3.05) is 6.54 Å². The average molecular weight is 303 g/mol. The summed E-state index contributed by atoms with van der Waals surface area (Å²) in [6.07, 6.45) is -0.483.